The molecule has 2 heterocycles. The molecule has 0 aliphatic carbocycles. The average molecular weight is 292 g/mol. The lowest BCUT2D eigenvalue weighted by atomic mass is 10.1. The van der Waals surface area contributed by atoms with Crippen LogP contribution in [0.3, 0.4) is 0 Å². The summed E-state index contributed by atoms with van der Waals surface area (Å²) >= 11 is 0. The zero-order valence-electron chi connectivity index (χ0n) is 13.5. The molecular formula is C15H28N6. The molecule has 1 atom stereocenters. The van der Waals surface area contributed by atoms with E-state index < -0.39 is 0 Å². The summed E-state index contributed by atoms with van der Waals surface area (Å²) < 4.78 is 1.87. The number of guanidine groups is 1. The standard InChI is InChI=1S/C15H28N6/c1-13(12-21-8-4-5-9-21)10-17-15(16-2)18-11-14-6-7-19-20(14)3/h6-7,13H,4-5,8-12H2,1-3H3,(H2,16,17,18). The highest BCUT2D eigenvalue weighted by Crippen LogP contribution is 2.09. The van der Waals surface area contributed by atoms with Crippen molar-refractivity contribution in [1.29, 1.82) is 0 Å². The van der Waals surface area contributed by atoms with E-state index in [0.29, 0.717) is 5.92 Å². The van der Waals surface area contributed by atoms with Gasteiger partial charge in [-0.1, -0.05) is 6.92 Å². The Morgan fingerprint density at radius 3 is 2.76 bits per heavy atom. The van der Waals surface area contributed by atoms with E-state index in [9.17, 15) is 0 Å². The molecule has 6 heteroatoms. The van der Waals surface area contributed by atoms with Crippen molar-refractivity contribution in [3.63, 3.8) is 0 Å². The van der Waals surface area contributed by atoms with E-state index in [4.69, 9.17) is 0 Å². The molecule has 0 spiro atoms. The zero-order valence-corrected chi connectivity index (χ0v) is 13.5. The first-order chi connectivity index (χ1) is 10.2. The van der Waals surface area contributed by atoms with Gasteiger partial charge < -0.3 is 15.5 Å². The van der Waals surface area contributed by atoms with Crippen LogP contribution < -0.4 is 10.6 Å². The van der Waals surface area contributed by atoms with Crippen LogP contribution in [0.2, 0.25) is 0 Å². The summed E-state index contributed by atoms with van der Waals surface area (Å²) in [5, 5.41) is 10.9. The van der Waals surface area contributed by atoms with Crippen LogP contribution in [0.5, 0.6) is 0 Å². The first kappa shape index (κ1) is 15.8. The van der Waals surface area contributed by atoms with Crippen LogP contribution in [0, 0.1) is 5.92 Å². The van der Waals surface area contributed by atoms with Crippen molar-refractivity contribution >= 4 is 5.96 Å². The molecule has 1 aliphatic heterocycles. The molecule has 1 fully saturated rings. The van der Waals surface area contributed by atoms with Gasteiger partial charge in [-0.3, -0.25) is 9.67 Å². The lowest BCUT2D eigenvalue weighted by molar-refractivity contribution is 0.287. The highest BCUT2D eigenvalue weighted by atomic mass is 15.3. The van der Waals surface area contributed by atoms with Crippen LogP contribution in [-0.4, -0.2) is 53.9 Å². The topological polar surface area (TPSA) is 57.5 Å². The van der Waals surface area contributed by atoms with Crippen molar-refractivity contribution in [1.82, 2.24) is 25.3 Å². The van der Waals surface area contributed by atoms with Crippen molar-refractivity contribution in [2.75, 3.05) is 33.2 Å². The Kier molecular flexibility index (Phi) is 6.04. The van der Waals surface area contributed by atoms with Gasteiger partial charge >= 0.3 is 0 Å². The van der Waals surface area contributed by atoms with Gasteiger partial charge in [0.1, 0.15) is 0 Å². The second kappa shape index (κ2) is 8.02. The minimum Gasteiger partial charge on any atom is -0.356 e. The van der Waals surface area contributed by atoms with Gasteiger partial charge in [-0.25, -0.2) is 0 Å². The number of hydrogen-bond donors (Lipinski definition) is 2. The Labute approximate surface area is 127 Å². The molecule has 21 heavy (non-hydrogen) atoms. The number of rotatable bonds is 6. The van der Waals surface area contributed by atoms with Crippen LogP contribution >= 0.6 is 0 Å². The Morgan fingerprint density at radius 1 is 1.38 bits per heavy atom. The third-order valence-corrected chi connectivity index (χ3v) is 3.97. The van der Waals surface area contributed by atoms with E-state index in [0.717, 1.165) is 24.7 Å². The maximum absolute atomic E-state index is 4.27. The largest absolute Gasteiger partial charge is 0.356 e. The quantitative estimate of drug-likeness (QED) is 0.602. The van der Waals surface area contributed by atoms with Crippen molar-refractivity contribution in [3.8, 4) is 0 Å². The fourth-order valence-corrected chi connectivity index (χ4v) is 2.71. The second-order valence-corrected chi connectivity index (χ2v) is 5.87. The van der Waals surface area contributed by atoms with Gasteiger partial charge in [0, 0.05) is 33.4 Å². The number of aryl methyl sites for hydroxylation is 1. The van der Waals surface area contributed by atoms with Crippen molar-refractivity contribution < 1.29 is 0 Å². The Bertz CT molecular complexity index is 447. The zero-order chi connectivity index (χ0) is 15.1. The number of nitrogens with zero attached hydrogens (tertiary/aromatic N) is 4. The predicted molar refractivity (Wildman–Crippen MR) is 86.2 cm³/mol. The molecule has 1 saturated heterocycles. The molecule has 0 saturated carbocycles. The van der Waals surface area contributed by atoms with Gasteiger partial charge in [0.25, 0.3) is 0 Å². The van der Waals surface area contributed by atoms with Gasteiger partial charge in [-0.15, -0.1) is 0 Å². The molecule has 1 aromatic heterocycles. The Balaban J connectivity index is 1.68. The third kappa shape index (κ3) is 5.04. The normalized spacial score (nSPS) is 18.0. The van der Waals surface area contributed by atoms with Crippen molar-refractivity contribution in [2.45, 2.75) is 26.3 Å². The van der Waals surface area contributed by atoms with Gasteiger partial charge in [-0.2, -0.15) is 5.10 Å². The summed E-state index contributed by atoms with van der Waals surface area (Å²) in [6.07, 6.45) is 4.52. The highest BCUT2D eigenvalue weighted by Gasteiger charge is 2.14. The summed E-state index contributed by atoms with van der Waals surface area (Å²) in [5.74, 6) is 1.47. The third-order valence-electron chi connectivity index (χ3n) is 3.97. The van der Waals surface area contributed by atoms with Gasteiger partial charge in [0.05, 0.1) is 12.2 Å². The summed E-state index contributed by atoms with van der Waals surface area (Å²) in [7, 11) is 3.76. The molecule has 0 radical (unpaired) electrons. The molecule has 2 rings (SSSR count). The highest BCUT2D eigenvalue weighted by molar-refractivity contribution is 5.79. The molecule has 6 nitrogen and oxygen atoms in total. The summed E-state index contributed by atoms with van der Waals surface area (Å²) in [6, 6.07) is 2.01. The number of nitrogens with one attached hydrogen (secondary N) is 2. The maximum atomic E-state index is 4.27. The molecular weight excluding hydrogens is 264 g/mol. The average Bonchev–Trinajstić information content (AvgIpc) is 3.11. The summed E-state index contributed by atoms with van der Waals surface area (Å²) in [4.78, 5) is 6.83. The fourth-order valence-electron chi connectivity index (χ4n) is 2.71. The van der Waals surface area contributed by atoms with Crippen LogP contribution in [0.15, 0.2) is 17.3 Å². The lowest BCUT2D eigenvalue weighted by Gasteiger charge is -2.21. The SMILES string of the molecule is CN=C(NCc1ccnn1C)NCC(C)CN1CCCC1. The van der Waals surface area contributed by atoms with E-state index in [1.807, 2.05) is 31.0 Å². The number of aliphatic imine (C=N–C) groups is 1. The van der Waals surface area contributed by atoms with Crippen molar-refractivity contribution in [2.24, 2.45) is 18.0 Å². The summed E-state index contributed by atoms with van der Waals surface area (Å²) in [5.41, 5.74) is 1.14. The fraction of sp³-hybridized carbons (Fsp3) is 0.733. The van der Waals surface area contributed by atoms with Crippen LogP contribution in [0.1, 0.15) is 25.5 Å². The summed E-state index contributed by atoms with van der Waals surface area (Å²) in [6.45, 7) is 7.67. The molecule has 1 aromatic rings. The molecule has 1 unspecified atom stereocenters. The molecule has 2 N–H and O–H groups in total. The van der Waals surface area contributed by atoms with E-state index in [1.54, 1.807) is 0 Å². The minimum absolute atomic E-state index is 0.623. The Morgan fingerprint density at radius 2 is 2.14 bits per heavy atom. The first-order valence-electron chi connectivity index (χ1n) is 7.83. The molecule has 0 aromatic carbocycles. The van der Waals surface area contributed by atoms with E-state index in [-0.39, 0.29) is 0 Å². The number of likely N-dealkylation sites (tertiary alicyclic amines) is 1. The minimum atomic E-state index is 0.623. The van der Waals surface area contributed by atoms with Crippen LogP contribution in [0.25, 0.3) is 0 Å². The van der Waals surface area contributed by atoms with E-state index >= 15 is 0 Å². The van der Waals surface area contributed by atoms with Gasteiger partial charge in [0.15, 0.2) is 5.96 Å². The second-order valence-electron chi connectivity index (χ2n) is 5.87. The van der Waals surface area contributed by atoms with Crippen LogP contribution in [0.4, 0.5) is 0 Å². The lowest BCUT2D eigenvalue weighted by Crippen LogP contribution is -2.41. The predicted octanol–water partition coefficient (Wildman–Crippen LogP) is 0.817. The number of aromatic nitrogens is 2. The first-order valence-corrected chi connectivity index (χ1v) is 7.83. The maximum Gasteiger partial charge on any atom is 0.191 e. The van der Waals surface area contributed by atoms with Gasteiger partial charge in [-0.05, 0) is 37.9 Å². The van der Waals surface area contributed by atoms with Crippen LogP contribution in [-0.2, 0) is 13.6 Å². The van der Waals surface area contributed by atoms with Crippen molar-refractivity contribution in [3.05, 3.63) is 18.0 Å². The number of hydrogen-bond acceptors (Lipinski definition) is 3. The van der Waals surface area contributed by atoms with E-state index in [2.05, 4.69) is 32.5 Å². The molecule has 0 bridgehead atoms. The smallest absolute Gasteiger partial charge is 0.191 e. The molecule has 118 valence electrons. The molecule has 0 amide bonds. The van der Waals surface area contributed by atoms with Gasteiger partial charge in [0.2, 0.25) is 0 Å². The monoisotopic (exact) mass is 292 g/mol. The molecule has 1 aliphatic rings. The van der Waals surface area contributed by atoms with E-state index in [1.165, 1.54) is 32.5 Å². The Hall–Kier alpha value is -1.56.